The number of methoxy groups -OCH3 is 2. The maximum Gasteiger partial charge on any atom is 0.341 e. The Kier molecular flexibility index (Phi) is 7.81. The number of esters is 1. The highest BCUT2D eigenvalue weighted by atomic mass is 35.5. The van der Waals surface area contributed by atoms with E-state index in [0.717, 1.165) is 24.0 Å². The molecule has 4 aliphatic rings. The van der Waals surface area contributed by atoms with Crippen molar-refractivity contribution in [2.75, 3.05) is 31.8 Å². The lowest BCUT2D eigenvalue weighted by Gasteiger charge is -2.41. The van der Waals surface area contributed by atoms with Crippen molar-refractivity contribution in [2.45, 2.75) is 56.3 Å². The number of halogens is 3. The maximum atomic E-state index is 16.0. The second-order valence-electron chi connectivity index (χ2n) is 11.8. The van der Waals surface area contributed by atoms with Crippen molar-refractivity contribution in [3.8, 4) is 5.75 Å². The number of amides is 1. The molecule has 4 N–H and O–H groups in total. The van der Waals surface area contributed by atoms with E-state index in [-0.39, 0.29) is 47.8 Å². The van der Waals surface area contributed by atoms with Crippen molar-refractivity contribution in [1.29, 1.82) is 0 Å². The number of hydrogen-bond acceptors (Lipinski definition) is 7. The lowest BCUT2D eigenvalue weighted by molar-refractivity contribution is -0.128. The minimum Gasteiger partial charge on any atom is -0.494 e. The van der Waals surface area contributed by atoms with Crippen LogP contribution in [0.2, 0.25) is 10.0 Å². The smallest absolute Gasteiger partial charge is 0.341 e. The van der Waals surface area contributed by atoms with E-state index in [1.165, 1.54) is 20.3 Å². The van der Waals surface area contributed by atoms with Gasteiger partial charge in [0.25, 0.3) is 0 Å². The van der Waals surface area contributed by atoms with Gasteiger partial charge in [-0.3, -0.25) is 9.69 Å². The second kappa shape index (κ2) is 11.2. The van der Waals surface area contributed by atoms with Crippen LogP contribution < -0.4 is 21.1 Å². The van der Waals surface area contributed by atoms with Crippen LogP contribution in [0.25, 0.3) is 0 Å². The third kappa shape index (κ3) is 4.39. The largest absolute Gasteiger partial charge is 0.494 e. The summed E-state index contributed by atoms with van der Waals surface area (Å²) in [5, 5.41) is 7.33. The topological polar surface area (TPSA) is 106 Å². The predicted molar refractivity (Wildman–Crippen MR) is 169 cm³/mol. The van der Waals surface area contributed by atoms with E-state index in [2.05, 4.69) is 15.5 Å². The number of nitrogens with one attached hydrogen (secondary N) is 2. The first kappa shape index (κ1) is 30.6. The Labute approximate surface area is 266 Å². The number of anilines is 2. The Morgan fingerprint density at radius 1 is 1.14 bits per heavy atom. The van der Waals surface area contributed by atoms with Crippen LogP contribution in [-0.2, 0) is 15.1 Å². The first-order valence-electron chi connectivity index (χ1n) is 14.3. The summed E-state index contributed by atoms with van der Waals surface area (Å²) in [6.07, 6.45) is 2.75. The molecule has 1 saturated carbocycles. The normalized spacial score (nSPS) is 27.1. The molecule has 1 amide bonds. The zero-order valence-corrected chi connectivity index (χ0v) is 25.1. The van der Waals surface area contributed by atoms with Crippen molar-refractivity contribution < 1.29 is 23.5 Å². The van der Waals surface area contributed by atoms with Crippen LogP contribution in [0.5, 0.6) is 5.75 Å². The zero-order valence-electron chi connectivity index (χ0n) is 23.6. The summed E-state index contributed by atoms with van der Waals surface area (Å²) in [4.78, 5) is 29.0. The van der Waals surface area contributed by atoms with Crippen LogP contribution >= 0.6 is 23.2 Å². The molecule has 1 aliphatic carbocycles. The highest BCUT2D eigenvalue weighted by Gasteiger charge is 2.69. The number of rotatable bonds is 6. The monoisotopic (exact) mass is 640 g/mol. The molecule has 7 rings (SSSR count). The lowest BCUT2D eigenvalue weighted by Crippen LogP contribution is -2.53. The number of nitrogens with zero attached hydrogens (tertiary/aromatic N) is 1. The molecular weight excluding hydrogens is 606 g/mol. The van der Waals surface area contributed by atoms with E-state index >= 15 is 4.39 Å². The average Bonchev–Trinajstić information content (AvgIpc) is 3.56. The first-order chi connectivity index (χ1) is 20.7. The molecule has 2 saturated heterocycles. The molecule has 3 fully saturated rings. The first-order valence-corrected chi connectivity index (χ1v) is 15.1. The summed E-state index contributed by atoms with van der Waals surface area (Å²) in [5.41, 5.74) is 8.53. The van der Waals surface area contributed by atoms with E-state index in [4.69, 9.17) is 38.4 Å². The second-order valence-corrected chi connectivity index (χ2v) is 12.7. The fourth-order valence-corrected chi connectivity index (χ4v) is 8.04. The van der Waals surface area contributed by atoms with Crippen molar-refractivity contribution in [3.05, 3.63) is 86.6 Å². The number of nitrogen functional groups attached to an aromatic ring is 1. The van der Waals surface area contributed by atoms with E-state index in [1.54, 1.807) is 36.4 Å². The summed E-state index contributed by atoms with van der Waals surface area (Å²) in [5.74, 6) is -1.23. The van der Waals surface area contributed by atoms with Gasteiger partial charge in [0, 0.05) is 46.9 Å². The number of benzene rings is 3. The Bertz CT molecular complexity index is 1670. The van der Waals surface area contributed by atoms with Gasteiger partial charge in [0.1, 0.15) is 16.9 Å². The Morgan fingerprint density at radius 2 is 1.91 bits per heavy atom. The number of ether oxygens (including phenoxy) is 2. The Hall–Kier alpha value is -3.37. The third-order valence-corrected chi connectivity index (χ3v) is 10.1. The molecule has 11 heteroatoms. The predicted octanol–water partition coefficient (Wildman–Crippen LogP) is 6.27. The summed E-state index contributed by atoms with van der Waals surface area (Å²) in [7, 11) is 2.76. The molecule has 8 nitrogen and oxygen atoms in total. The molecule has 1 unspecified atom stereocenters. The molecule has 0 bridgehead atoms. The van der Waals surface area contributed by atoms with Gasteiger partial charge in [-0.05, 0) is 60.6 Å². The van der Waals surface area contributed by atoms with Crippen molar-refractivity contribution >= 4 is 46.5 Å². The van der Waals surface area contributed by atoms with E-state index in [0.29, 0.717) is 40.8 Å². The molecule has 44 heavy (non-hydrogen) atoms. The van der Waals surface area contributed by atoms with Crippen LogP contribution in [0.3, 0.4) is 0 Å². The van der Waals surface area contributed by atoms with Crippen LogP contribution in [0.1, 0.15) is 65.7 Å². The number of nitrogens with two attached hydrogens (primary N) is 1. The van der Waals surface area contributed by atoms with Crippen LogP contribution in [-0.4, -0.2) is 49.6 Å². The van der Waals surface area contributed by atoms with E-state index < -0.39 is 23.2 Å². The summed E-state index contributed by atoms with van der Waals surface area (Å²) < 4.78 is 26.5. The highest BCUT2D eigenvalue weighted by molar-refractivity contribution is 6.31. The molecule has 3 aliphatic heterocycles. The summed E-state index contributed by atoms with van der Waals surface area (Å²) >= 11 is 12.7. The van der Waals surface area contributed by atoms with Gasteiger partial charge in [-0.25, -0.2) is 9.18 Å². The SMILES string of the molecule is C.COC(=O)c1ccc(C2C[C@H]3[C@@H](N2)[C@H](c2cccc(Cl)c2F)[C@]2(C(=O)Nc4cc(Cl)ccc42)N3CC2CC2)c(N)c1OC. The molecule has 0 aromatic heterocycles. The molecule has 3 aromatic rings. The quantitative estimate of drug-likeness (QED) is 0.215. The average molecular weight is 642 g/mol. The van der Waals surface area contributed by atoms with Crippen molar-refractivity contribution in [1.82, 2.24) is 10.2 Å². The fourth-order valence-electron chi connectivity index (χ4n) is 7.69. The maximum absolute atomic E-state index is 16.0. The summed E-state index contributed by atoms with van der Waals surface area (Å²) in [6.45, 7) is 0.684. The number of carbonyl (C=O) groups is 2. The van der Waals surface area contributed by atoms with Crippen molar-refractivity contribution in [3.63, 3.8) is 0 Å². The van der Waals surface area contributed by atoms with Gasteiger partial charge in [-0.2, -0.15) is 0 Å². The molecular formula is C33H35Cl2FN4O4. The van der Waals surface area contributed by atoms with Gasteiger partial charge in [0.15, 0.2) is 5.75 Å². The highest BCUT2D eigenvalue weighted by Crippen LogP contribution is 2.61. The Balaban J connectivity index is 0.00000343. The molecule has 3 aromatic carbocycles. The summed E-state index contributed by atoms with van der Waals surface area (Å²) in [6, 6.07) is 13.1. The third-order valence-electron chi connectivity index (χ3n) is 9.62. The van der Waals surface area contributed by atoms with Gasteiger partial charge in [-0.15, -0.1) is 0 Å². The Morgan fingerprint density at radius 3 is 2.61 bits per heavy atom. The molecule has 3 heterocycles. The zero-order chi connectivity index (χ0) is 30.2. The van der Waals surface area contributed by atoms with Gasteiger partial charge >= 0.3 is 5.97 Å². The van der Waals surface area contributed by atoms with Gasteiger partial charge < -0.3 is 25.8 Å². The van der Waals surface area contributed by atoms with Crippen molar-refractivity contribution in [2.24, 2.45) is 5.92 Å². The minimum absolute atomic E-state index is 0. The molecule has 1 spiro atoms. The number of fused-ring (bicyclic) bond motifs is 3. The van der Waals surface area contributed by atoms with E-state index in [9.17, 15) is 9.59 Å². The van der Waals surface area contributed by atoms with Gasteiger partial charge in [0.2, 0.25) is 5.91 Å². The van der Waals surface area contributed by atoms with Gasteiger partial charge in [-0.1, -0.05) is 54.9 Å². The van der Waals surface area contributed by atoms with Crippen LogP contribution in [0.15, 0.2) is 48.5 Å². The standard InChI is InChI=1S/C32H31Cl2FN4O4.CH4/c1-42-29-19(30(40)43-2)10-9-17(27(29)36)22-13-24-28(37-22)25(18-4-3-5-21(34)26(18)35)32(39(24)14-15-6-7-15)20-11-8-16(33)12-23(20)38-31(32)41;/h3-5,8-12,15,22,24-25,28,37H,6-7,13-14,36H2,1-2H3,(H,38,41);1H4/t22?,24-,25-,28+,32+;/m0./s1. The van der Waals surface area contributed by atoms with E-state index in [1.807, 2.05) is 6.07 Å². The molecule has 232 valence electrons. The lowest BCUT2D eigenvalue weighted by atomic mass is 9.73. The fraction of sp³-hybridized carbons (Fsp3) is 0.394. The number of carbonyl (C=O) groups excluding carboxylic acids is 2. The minimum atomic E-state index is -1.18. The molecule has 0 radical (unpaired) electrons. The number of likely N-dealkylation sites (tertiary alicyclic amines) is 1. The number of hydrogen-bond donors (Lipinski definition) is 3. The van der Waals surface area contributed by atoms with Gasteiger partial charge in [0.05, 0.1) is 24.9 Å². The van der Waals surface area contributed by atoms with Crippen LogP contribution in [0.4, 0.5) is 15.8 Å². The molecule has 5 atom stereocenters. The van der Waals surface area contributed by atoms with Crippen LogP contribution in [0, 0.1) is 11.7 Å².